The largest absolute Gasteiger partial charge is 0.748 e. The van der Waals surface area contributed by atoms with Crippen LogP contribution in [0, 0.1) is 0 Å². The van der Waals surface area contributed by atoms with Crippen molar-refractivity contribution in [1.82, 2.24) is 0 Å². The van der Waals surface area contributed by atoms with Crippen LogP contribution in [0.15, 0.2) is 48.8 Å². The Bertz CT molecular complexity index is 972. The Hall–Kier alpha value is -2.18. The molecule has 0 bridgehead atoms. The van der Waals surface area contributed by atoms with Crippen molar-refractivity contribution in [2.24, 2.45) is 0 Å². The molecule has 6 heteroatoms. The highest BCUT2D eigenvalue weighted by atomic mass is 32.2. The molecular formula is C31H48N2O3S. The SMILES string of the molecule is CCCCCCCN(CCCCCCC)c1ccc(/C=C/c2cc[n+](CCCCS(=O)(=O)[O-])cc2)cc1. The highest BCUT2D eigenvalue weighted by Gasteiger charge is 2.07. The first kappa shape index (κ1) is 31.0. The summed E-state index contributed by atoms with van der Waals surface area (Å²) in [5, 5.41) is 0. The maximum atomic E-state index is 10.7. The predicted octanol–water partition coefficient (Wildman–Crippen LogP) is 7.22. The van der Waals surface area contributed by atoms with Crippen molar-refractivity contribution in [2.45, 2.75) is 97.4 Å². The van der Waals surface area contributed by atoms with Crippen molar-refractivity contribution in [2.75, 3.05) is 23.7 Å². The summed E-state index contributed by atoms with van der Waals surface area (Å²) in [5.41, 5.74) is 3.63. The minimum absolute atomic E-state index is 0.289. The second kappa shape index (κ2) is 18.1. The van der Waals surface area contributed by atoms with Crippen LogP contribution in [-0.4, -0.2) is 31.8 Å². The molecule has 0 spiro atoms. The third-order valence-corrected chi connectivity index (χ3v) is 7.56. The maximum Gasteiger partial charge on any atom is 0.169 e. The number of rotatable bonds is 20. The van der Waals surface area contributed by atoms with Gasteiger partial charge in [-0.15, -0.1) is 0 Å². The van der Waals surface area contributed by atoms with E-state index in [-0.39, 0.29) is 5.75 Å². The van der Waals surface area contributed by atoms with Gasteiger partial charge < -0.3 is 9.45 Å². The van der Waals surface area contributed by atoms with Crippen LogP contribution >= 0.6 is 0 Å². The summed E-state index contributed by atoms with van der Waals surface area (Å²) in [6.45, 7) is 7.53. The fraction of sp³-hybridized carbons (Fsp3) is 0.581. The topological polar surface area (TPSA) is 64.3 Å². The Kier molecular flexibility index (Phi) is 15.2. The van der Waals surface area contributed by atoms with Crippen LogP contribution in [0.2, 0.25) is 0 Å². The average Bonchev–Trinajstić information content (AvgIpc) is 2.89. The van der Waals surface area contributed by atoms with Gasteiger partial charge in [0.15, 0.2) is 12.4 Å². The molecule has 206 valence electrons. The Balaban J connectivity index is 1.88. The van der Waals surface area contributed by atoms with Crippen molar-refractivity contribution < 1.29 is 17.5 Å². The molecule has 1 heterocycles. The van der Waals surface area contributed by atoms with E-state index in [1.54, 1.807) is 0 Å². The molecule has 0 atom stereocenters. The molecule has 0 fully saturated rings. The van der Waals surface area contributed by atoms with Gasteiger partial charge in [-0.25, -0.2) is 13.0 Å². The van der Waals surface area contributed by atoms with Gasteiger partial charge in [0.2, 0.25) is 0 Å². The summed E-state index contributed by atoms with van der Waals surface area (Å²) in [5.74, 6) is -0.289. The van der Waals surface area contributed by atoms with Crippen molar-refractivity contribution >= 4 is 28.0 Å². The van der Waals surface area contributed by atoms with Gasteiger partial charge in [-0.1, -0.05) is 89.5 Å². The Labute approximate surface area is 226 Å². The lowest BCUT2D eigenvalue weighted by molar-refractivity contribution is -0.697. The number of aryl methyl sites for hydroxylation is 1. The quantitative estimate of drug-likeness (QED) is 0.103. The van der Waals surface area contributed by atoms with E-state index in [2.05, 4.69) is 55.2 Å². The summed E-state index contributed by atoms with van der Waals surface area (Å²) in [6.07, 6.45) is 22.4. The van der Waals surface area contributed by atoms with Crippen LogP contribution in [0.3, 0.4) is 0 Å². The number of pyridine rings is 1. The second-order valence-corrected chi connectivity index (χ2v) is 11.6. The third-order valence-electron chi connectivity index (χ3n) is 6.77. The smallest absolute Gasteiger partial charge is 0.169 e. The molecule has 0 N–H and O–H groups in total. The fourth-order valence-corrected chi connectivity index (χ4v) is 5.03. The molecule has 0 amide bonds. The third kappa shape index (κ3) is 14.4. The van der Waals surface area contributed by atoms with Crippen molar-refractivity contribution in [3.8, 4) is 0 Å². The molecule has 0 saturated heterocycles. The Morgan fingerprint density at radius 2 is 1.22 bits per heavy atom. The lowest BCUT2D eigenvalue weighted by Gasteiger charge is -2.25. The number of nitrogens with zero attached hydrogens (tertiary/aromatic N) is 2. The first-order valence-corrected chi connectivity index (χ1v) is 15.9. The van der Waals surface area contributed by atoms with E-state index in [1.165, 1.54) is 75.5 Å². The van der Waals surface area contributed by atoms with Crippen LogP contribution < -0.4 is 9.47 Å². The summed E-state index contributed by atoms with van der Waals surface area (Å²) in [7, 11) is -4.11. The van der Waals surface area contributed by atoms with E-state index in [0.29, 0.717) is 19.4 Å². The minimum Gasteiger partial charge on any atom is -0.748 e. The van der Waals surface area contributed by atoms with E-state index in [0.717, 1.165) is 18.7 Å². The average molecular weight is 529 g/mol. The summed E-state index contributed by atoms with van der Waals surface area (Å²) >= 11 is 0. The van der Waals surface area contributed by atoms with E-state index in [1.807, 2.05) is 29.1 Å². The standard InChI is InChI=1S/C31H48N2O3S/c1-3-5-7-9-11-24-33(25-12-10-8-6-4-2)31-19-17-29(18-20-31)15-16-30-21-26-32(27-22-30)23-13-14-28-37(34,35)36/h15-22,26-27H,3-14,23-25,28H2,1-2H3. The van der Waals surface area contributed by atoms with Gasteiger partial charge in [-0.3, -0.25) is 0 Å². The number of anilines is 1. The van der Waals surface area contributed by atoms with Gasteiger partial charge in [0.1, 0.15) is 6.54 Å². The van der Waals surface area contributed by atoms with Crippen LogP contribution in [0.1, 0.15) is 102 Å². The number of unbranched alkanes of at least 4 members (excludes halogenated alkanes) is 9. The summed E-state index contributed by atoms with van der Waals surface area (Å²) < 4.78 is 34.1. The zero-order valence-corrected chi connectivity index (χ0v) is 23.9. The Morgan fingerprint density at radius 3 is 1.73 bits per heavy atom. The molecule has 1 aromatic heterocycles. The van der Waals surface area contributed by atoms with E-state index >= 15 is 0 Å². The molecule has 0 radical (unpaired) electrons. The van der Waals surface area contributed by atoms with Crippen LogP contribution in [0.4, 0.5) is 5.69 Å². The van der Waals surface area contributed by atoms with Gasteiger partial charge >= 0.3 is 0 Å². The van der Waals surface area contributed by atoms with Gasteiger partial charge in [-0.2, -0.15) is 0 Å². The highest BCUT2D eigenvalue weighted by Crippen LogP contribution is 2.19. The van der Waals surface area contributed by atoms with Gasteiger partial charge in [0.05, 0.1) is 10.1 Å². The molecule has 0 unspecified atom stereocenters. The maximum absolute atomic E-state index is 10.7. The van der Waals surface area contributed by atoms with Gasteiger partial charge in [0.25, 0.3) is 0 Å². The Morgan fingerprint density at radius 1 is 0.703 bits per heavy atom. The predicted molar refractivity (Wildman–Crippen MR) is 156 cm³/mol. The van der Waals surface area contributed by atoms with E-state index < -0.39 is 10.1 Å². The fourth-order valence-electron chi connectivity index (χ4n) is 4.47. The number of hydrogen-bond acceptors (Lipinski definition) is 4. The normalized spacial score (nSPS) is 11.9. The first-order valence-electron chi connectivity index (χ1n) is 14.4. The lowest BCUT2D eigenvalue weighted by Crippen LogP contribution is -2.32. The number of hydrogen-bond donors (Lipinski definition) is 0. The molecule has 0 aliphatic rings. The van der Waals surface area contributed by atoms with Crippen LogP contribution in [0.25, 0.3) is 12.2 Å². The molecule has 0 aliphatic heterocycles. The molecule has 37 heavy (non-hydrogen) atoms. The van der Waals surface area contributed by atoms with Crippen molar-refractivity contribution in [3.63, 3.8) is 0 Å². The highest BCUT2D eigenvalue weighted by molar-refractivity contribution is 7.85. The molecule has 2 rings (SSSR count). The van der Waals surface area contributed by atoms with Crippen LogP contribution in [-0.2, 0) is 16.7 Å². The van der Waals surface area contributed by atoms with Gasteiger partial charge in [-0.05, 0) is 42.5 Å². The second-order valence-electron chi connectivity index (χ2n) is 10.1. The lowest BCUT2D eigenvalue weighted by atomic mass is 10.1. The zero-order chi connectivity index (χ0) is 26.8. The molecule has 1 aromatic carbocycles. The van der Waals surface area contributed by atoms with Gasteiger partial charge in [0, 0.05) is 43.1 Å². The summed E-state index contributed by atoms with van der Waals surface area (Å²) in [4.78, 5) is 2.58. The molecule has 2 aromatic rings. The summed E-state index contributed by atoms with van der Waals surface area (Å²) in [6, 6.07) is 13.0. The molecule has 5 nitrogen and oxygen atoms in total. The van der Waals surface area contributed by atoms with E-state index in [9.17, 15) is 13.0 Å². The van der Waals surface area contributed by atoms with Crippen molar-refractivity contribution in [1.29, 1.82) is 0 Å². The zero-order valence-electron chi connectivity index (χ0n) is 23.1. The molecule has 0 aliphatic carbocycles. The monoisotopic (exact) mass is 528 g/mol. The molecular weight excluding hydrogens is 480 g/mol. The number of benzene rings is 1. The number of aromatic nitrogens is 1. The van der Waals surface area contributed by atoms with Crippen molar-refractivity contribution in [3.05, 3.63) is 59.9 Å². The minimum atomic E-state index is -4.11. The van der Waals surface area contributed by atoms with Crippen LogP contribution in [0.5, 0.6) is 0 Å². The first-order chi connectivity index (χ1) is 17.9. The van der Waals surface area contributed by atoms with E-state index in [4.69, 9.17) is 0 Å². The molecule has 0 saturated carbocycles.